The van der Waals surface area contributed by atoms with E-state index in [2.05, 4.69) is 0 Å². The van der Waals surface area contributed by atoms with E-state index >= 15 is 0 Å². The monoisotopic (exact) mass is 205 g/mol. The molecule has 0 aromatic heterocycles. The van der Waals surface area contributed by atoms with E-state index in [4.69, 9.17) is 0 Å². The highest BCUT2D eigenvalue weighted by molar-refractivity contribution is 4.90. The normalized spacial score (nSPS) is 38.8. The molecule has 0 unspecified atom stereocenters. The van der Waals surface area contributed by atoms with Crippen molar-refractivity contribution in [3.63, 3.8) is 0 Å². The molecule has 0 aromatic rings. The van der Waals surface area contributed by atoms with Crippen LogP contribution in [0.15, 0.2) is 0 Å². The highest BCUT2D eigenvalue weighted by atomic mass is 19.3. The third-order valence-electron chi connectivity index (χ3n) is 3.36. The van der Waals surface area contributed by atoms with E-state index in [1.54, 1.807) is 4.90 Å². The zero-order valence-corrected chi connectivity index (χ0v) is 8.25. The molecule has 1 saturated carbocycles. The molecule has 2 fully saturated rings. The number of aliphatic hydroxyl groups excluding tert-OH is 1. The predicted octanol–water partition coefficient (Wildman–Crippen LogP) is 1.63. The lowest BCUT2D eigenvalue weighted by Gasteiger charge is -2.34. The fourth-order valence-corrected chi connectivity index (χ4v) is 2.56. The van der Waals surface area contributed by atoms with Gasteiger partial charge in [-0.2, -0.15) is 0 Å². The summed E-state index contributed by atoms with van der Waals surface area (Å²) < 4.78 is 25.9. The van der Waals surface area contributed by atoms with Crippen molar-refractivity contribution in [3.05, 3.63) is 0 Å². The molecule has 2 nitrogen and oxygen atoms in total. The molecule has 0 spiro atoms. The molecule has 1 N–H and O–H groups in total. The van der Waals surface area contributed by atoms with Gasteiger partial charge in [0.15, 0.2) is 0 Å². The zero-order valence-electron chi connectivity index (χ0n) is 8.25. The van der Waals surface area contributed by atoms with Crippen LogP contribution in [0.2, 0.25) is 0 Å². The lowest BCUT2D eigenvalue weighted by molar-refractivity contribution is -0.0149. The molecule has 1 heterocycles. The van der Waals surface area contributed by atoms with E-state index in [1.165, 1.54) is 0 Å². The van der Waals surface area contributed by atoms with Crippen LogP contribution in [-0.4, -0.2) is 41.2 Å². The van der Waals surface area contributed by atoms with E-state index in [1.807, 2.05) is 0 Å². The van der Waals surface area contributed by atoms with Gasteiger partial charge in [-0.3, -0.25) is 4.90 Å². The lowest BCUT2D eigenvalue weighted by Crippen LogP contribution is -2.45. The smallest absolute Gasteiger partial charge is 0.261 e. The maximum Gasteiger partial charge on any atom is 0.261 e. The third-order valence-corrected chi connectivity index (χ3v) is 3.36. The van der Waals surface area contributed by atoms with E-state index in [0.717, 1.165) is 25.7 Å². The molecule has 14 heavy (non-hydrogen) atoms. The van der Waals surface area contributed by atoms with E-state index in [0.29, 0.717) is 6.54 Å². The van der Waals surface area contributed by atoms with E-state index in [9.17, 15) is 13.9 Å². The molecule has 0 amide bonds. The largest absolute Gasteiger partial charge is 0.391 e. The molecule has 0 aromatic carbocycles. The Kier molecular flexibility index (Phi) is 2.75. The minimum Gasteiger partial charge on any atom is -0.391 e. The van der Waals surface area contributed by atoms with Crippen LogP contribution in [0, 0.1) is 0 Å². The lowest BCUT2D eigenvalue weighted by atomic mass is 9.91. The Hall–Kier alpha value is -0.220. The summed E-state index contributed by atoms with van der Waals surface area (Å²) in [6, 6.07) is -0.0166. The number of alkyl halides is 2. The van der Waals surface area contributed by atoms with E-state index in [-0.39, 0.29) is 19.0 Å². The Morgan fingerprint density at radius 2 is 1.93 bits per heavy atom. The molecule has 82 valence electrons. The number of halogens is 2. The Labute approximate surface area is 82.9 Å². The SMILES string of the molecule is O[C@@H]1CCCC[C@H]1N1CCC(F)(F)C1. The standard InChI is InChI=1S/C10H17F2NO/c11-10(12)5-6-13(7-10)8-3-1-2-4-9(8)14/h8-9,14H,1-7H2/t8-,9-/m1/s1. The number of likely N-dealkylation sites (tertiary alicyclic amines) is 1. The number of hydrogen-bond acceptors (Lipinski definition) is 2. The van der Waals surface area contributed by atoms with Crippen LogP contribution < -0.4 is 0 Å². The molecule has 4 heteroatoms. The topological polar surface area (TPSA) is 23.5 Å². The van der Waals surface area contributed by atoms with Gasteiger partial charge in [-0.25, -0.2) is 8.78 Å². The number of aliphatic hydroxyl groups is 1. The summed E-state index contributed by atoms with van der Waals surface area (Å²) in [5, 5.41) is 9.71. The number of rotatable bonds is 1. The van der Waals surface area contributed by atoms with Crippen LogP contribution >= 0.6 is 0 Å². The fourth-order valence-electron chi connectivity index (χ4n) is 2.56. The summed E-state index contributed by atoms with van der Waals surface area (Å²) in [6.07, 6.45) is 3.30. The van der Waals surface area contributed by atoms with Crippen molar-refractivity contribution >= 4 is 0 Å². The zero-order chi connectivity index (χ0) is 10.2. The van der Waals surface area contributed by atoms with Crippen LogP contribution in [0.4, 0.5) is 8.78 Å². The second-order valence-electron chi connectivity index (χ2n) is 4.50. The van der Waals surface area contributed by atoms with Gasteiger partial charge in [0.1, 0.15) is 0 Å². The predicted molar refractivity (Wildman–Crippen MR) is 49.4 cm³/mol. The van der Waals surface area contributed by atoms with Crippen LogP contribution in [0.3, 0.4) is 0 Å². The van der Waals surface area contributed by atoms with Gasteiger partial charge in [0.2, 0.25) is 0 Å². The molecule has 1 aliphatic carbocycles. The second-order valence-corrected chi connectivity index (χ2v) is 4.50. The quantitative estimate of drug-likeness (QED) is 0.703. The Bertz CT molecular complexity index is 210. The molecule has 2 rings (SSSR count). The van der Waals surface area contributed by atoms with Gasteiger partial charge in [-0.05, 0) is 12.8 Å². The highest BCUT2D eigenvalue weighted by Crippen LogP contribution is 2.32. The summed E-state index contributed by atoms with van der Waals surface area (Å²) in [6.45, 7) is 0.281. The first-order valence-electron chi connectivity index (χ1n) is 5.38. The van der Waals surface area contributed by atoms with Crippen LogP contribution in [0.1, 0.15) is 32.1 Å². The third kappa shape index (κ3) is 2.06. The second kappa shape index (κ2) is 3.74. The van der Waals surface area contributed by atoms with Crippen molar-refractivity contribution in [2.75, 3.05) is 13.1 Å². The Balaban J connectivity index is 1.95. The first kappa shape index (κ1) is 10.3. The molecule has 1 saturated heterocycles. The molecule has 0 bridgehead atoms. The maximum atomic E-state index is 13.0. The molecule has 0 radical (unpaired) electrons. The number of nitrogens with zero attached hydrogens (tertiary/aromatic N) is 1. The maximum absolute atomic E-state index is 13.0. The molecular formula is C10H17F2NO. The summed E-state index contributed by atoms with van der Waals surface area (Å²) in [5.74, 6) is -2.53. The van der Waals surface area contributed by atoms with Crippen molar-refractivity contribution in [1.29, 1.82) is 0 Å². The van der Waals surface area contributed by atoms with Crippen LogP contribution in [0.5, 0.6) is 0 Å². The van der Waals surface area contributed by atoms with Gasteiger partial charge in [0.05, 0.1) is 12.6 Å². The highest BCUT2D eigenvalue weighted by Gasteiger charge is 2.42. The van der Waals surface area contributed by atoms with Gasteiger partial charge >= 0.3 is 0 Å². The van der Waals surface area contributed by atoms with Gasteiger partial charge in [0.25, 0.3) is 5.92 Å². The minimum absolute atomic E-state index is 0.0166. The van der Waals surface area contributed by atoms with Gasteiger partial charge in [-0.1, -0.05) is 12.8 Å². The average Bonchev–Trinajstić information content (AvgIpc) is 2.47. The summed E-state index contributed by atoms with van der Waals surface area (Å²) in [5.41, 5.74) is 0. The van der Waals surface area contributed by atoms with E-state index < -0.39 is 12.0 Å². The minimum atomic E-state index is -2.53. The van der Waals surface area contributed by atoms with Gasteiger partial charge < -0.3 is 5.11 Å². The summed E-state index contributed by atoms with van der Waals surface area (Å²) >= 11 is 0. The molecule has 2 atom stereocenters. The molecule has 2 aliphatic rings. The molecular weight excluding hydrogens is 188 g/mol. The van der Waals surface area contributed by atoms with Crippen molar-refractivity contribution < 1.29 is 13.9 Å². The van der Waals surface area contributed by atoms with Crippen LogP contribution in [-0.2, 0) is 0 Å². The van der Waals surface area contributed by atoms with Crippen LogP contribution in [0.25, 0.3) is 0 Å². The fraction of sp³-hybridized carbons (Fsp3) is 1.00. The van der Waals surface area contributed by atoms with Gasteiger partial charge in [-0.15, -0.1) is 0 Å². The first-order chi connectivity index (χ1) is 6.58. The van der Waals surface area contributed by atoms with Crippen molar-refractivity contribution in [3.8, 4) is 0 Å². The van der Waals surface area contributed by atoms with Crippen molar-refractivity contribution in [1.82, 2.24) is 4.90 Å². The average molecular weight is 205 g/mol. The van der Waals surface area contributed by atoms with Gasteiger partial charge in [0, 0.05) is 19.0 Å². The Morgan fingerprint density at radius 3 is 2.50 bits per heavy atom. The summed E-state index contributed by atoms with van der Waals surface area (Å²) in [7, 11) is 0. The van der Waals surface area contributed by atoms with Crippen molar-refractivity contribution in [2.45, 2.75) is 50.2 Å². The Morgan fingerprint density at radius 1 is 1.21 bits per heavy atom. The molecule has 1 aliphatic heterocycles. The first-order valence-corrected chi connectivity index (χ1v) is 5.38. The number of hydrogen-bond donors (Lipinski definition) is 1. The van der Waals surface area contributed by atoms with Crippen molar-refractivity contribution in [2.24, 2.45) is 0 Å². The summed E-state index contributed by atoms with van der Waals surface area (Å²) in [4.78, 5) is 1.77.